The molecular formula is C21H32O2. The van der Waals surface area contributed by atoms with Gasteiger partial charge in [0.15, 0.2) is 5.78 Å². The third-order valence-corrected chi connectivity index (χ3v) is 8.44. The topological polar surface area (TPSA) is 37.3 Å². The highest BCUT2D eigenvalue weighted by Gasteiger charge is 2.58. The summed E-state index contributed by atoms with van der Waals surface area (Å²) in [6.45, 7) is 5.04. The second kappa shape index (κ2) is 5.44. The standard InChI is InChI=1S/C21H32O2/c1-3-14-16-7-6-15-17(20(16,2)11-9-19(14)23)8-12-21(13-22)10-4-5-18(15)21/h15,17-18,22H,3-13H2,1-2H3/t15-,17+,18+,20+,21+/m1/s1. The van der Waals surface area contributed by atoms with Crippen LogP contribution >= 0.6 is 0 Å². The van der Waals surface area contributed by atoms with Crippen LogP contribution in [0.15, 0.2) is 11.1 Å². The first kappa shape index (κ1) is 15.9. The highest BCUT2D eigenvalue weighted by Crippen LogP contribution is 2.65. The van der Waals surface area contributed by atoms with Crippen LogP contribution in [0.3, 0.4) is 0 Å². The van der Waals surface area contributed by atoms with E-state index in [-0.39, 0.29) is 10.8 Å². The molecule has 0 unspecified atom stereocenters. The molecule has 3 saturated carbocycles. The van der Waals surface area contributed by atoms with Crippen molar-refractivity contribution in [2.24, 2.45) is 28.6 Å². The van der Waals surface area contributed by atoms with Crippen molar-refractivity contribution in [2.75, 3.05) is 6.61 Å². The second-order valence-corrected chi connectivity index (χ2v) is 9.02. The maximum atomic E-state index is 12.4. The summed E-state index contributed by atoms with van der Waals surface area (Å²) in [6.07, 6.45) is 11.5. The van der Waals surface area contributed by atoms with Gasteiger partial charge in [-0.05, 0) is 85.5 Å². The third kappa shape index (κ3) is 2.06. The van der Waals surface area contributed by atoms with Gasteiger partial charge in [-0.2, -0.15) is 0 Å². The molecule has 2 heteroatoms. The Bertz CT molecular complexity index is 548. The predicted molar refractivity (Wildman–Crippen MR) is 92.0 cm³/mol. The number of ketones is 1. The number of Topliss-reactive ketones (excluding diaryl/α,β-unsaturated/α-hetero) is 1. The number of carbonyl (C=O) groups excluding carboxylic acids is 1. The molecule has 128 valence electrons. The SMILES string of the molecule is CCC1=C2CC[C@H]3[C@@H]4CCC[C@@]4(CO)CC[C@@H]3[C@@]2(C)CCC1=O. The monoisotopic (exact) mass is 316 g/mol. The van der Waals surface area contributed by atoms with Gasteiger partial charge in [0.25, 0.3) is 0 Å². The van der Waals surface area contributed by atoms with Crippen LogP contribution in [0.5, 0.6) is 0 Å². The predicted octanol–water partition coefficient (Wildman–Crippen LogP) is 4.66. The van der Waals surface area contributed by atoms with E-state index in [9.17, 15) is 9.90 Å². The lowest BCUT2D eigenvalue weighted by Crippen LogP contribution is -2.51. The third-order valence-electron chi connectivity index (χ3n) is 8.44. The zero-order valence-corrected chi connectivity index (χ0v) is 14.9. The summed E-state index contributed by atoms with van der Waals surface area (Å²) in [7, 11) is 0. The smallest absolute Gasteiger partial charge is 0.158 e. The quantitative estimate of drug-likeness (QED) is 0.804. The Balaban J connectivity index is 1.72. The van der Waals surface area contributed by atoms with Crippen LogP contribution in [-0.4, -0.2) is 17.5 Å². The average Bonchev–Trinajstić information content (AvgIpc) is 3.00. The van der Waals surface area contributed by atoms with Gasteiger partial charge in [0.05, 0.1) is 0 Å². The van der Waals surface area contributed by atoms with Crippen molar-refractivity contribution in [2.45, 2.75) is 78.1 Å². The summed E-state index contributed by atoms with van der Waals surface area (Å²) >= 11 is 0. The van der Waals surface area contributed by atoms with Gasteiger partial charge >= 0.3 is 0 Å². The van der Waals surface area contributed by atoms with Gasteiger partial charge in [-0.25, -0.2) is 0 Å². The number of carbonyl (C=O) groups is 1. The summed E-state index contributed by atoms with van der Waals surface area (Å²) in [5.41, 5.74) is 3.23. The Hall–Kier alpha value is -0.630. The lowest BCUT2D eigenvalue weighted by Gasteiger charge is -2.58. The van der Waals surface area contributed by atoms with E-state index in [1.165, 1.54) is 49.7 Å². The summed E-state index contributed by atoms with van der Waals surface area (Å²) in [4.78, 5) is 12.4. The van der Waals surface area contributed by atoms with E-state index in [0.717, 1.165) is 43.4 Å². The molecule has 0 aromatic heterocycles. The molecule has 0 aliphatic heterocycles. The fourth-order valence-electron chi connectivity index (χ4n) is 7.31. The van der Waals surface area contributed by atoms with Crippen LogP contribution in [0.4, 0.5) is 0 Å². The highest BCUT2D eigenvalue weighted by molar-refractivity contribution is 5.97. The van der Waals surface area contributed by atoms with Crippen molar-refractivity contribution in [1.29, 1.82) is 0 Å². The lowest BCUT2D eigenvalue weighted by molar-refractivity contribution is -0.119. The molecular weight excluding hydrogens is 284 g/mol. The number of fused-ring (bicyclic) bond motifs is 5. The molecule has 0 spiro atoms. The van der Waals surface area contributed by atoms with E-state index < -0.39 is 0 Å². The normalized spacial score (nSPS) is 46.4. The minimum absolute atomic E-state index is 0.247. The van der Waals surface area contributed by atoms with E-state index in [4.69, 9.17) is 0 Å². The molecule has 2 nitrogen and oxygen atoms in total. The molecule has 1 N–H and O–H groups in total. The number of hydrogen-bond acceptors (Lipinski definition) is 2. The van der Waals surface area contributed by atoms with Crippen molar-refractivity contribution in [3.05, 3.63) is 11.1 Å². The zero-order chi connectivity index (χ0) is 16.2. The molecule has 4 aliphatic rings. The second-order valence-electron chi connectivity index (χ2n) is 9.02. The first-order chi connectivity index (χ1) is 11.1. The minimum atomic E-state index is 0.247. The van der Waals surface area contributed by atoms with Crippen LogP contribution < -0.4 is 0 Å². The average molecular weight is 316 g/mol. The maximum Gasteiger partial charge on any atom is 0.158 e. The molecule has 0 heterocycles. The van der Waals surface area contributed by atoms with E-state index >= 15 is 0 Å². The van der Waals surface area contributed by atoms with Crippen LogP contribution in [0.1, 0.15) is 78.1 Å². The van der Waals surface area contributed by atoms with Crippen LogP contribution in [0, 0.1) is 28.6 Å². The van der Waals surface area contributed by atoms with E-state index in [1.807, 2.05) is 0 Å². The van der Waals surface area contributed by atoms with Crippen molar-refractivity contribution >= 4 is 5.78 Å². The minimum Gasteiger partial charge on any atom is -0.396 e. The molecule has 4 rings (SSSR count). The molecule has 4 aliphatic carbocycles. The molecule has 0 aromatic rings. The van der Waals surface area contributed by atoms with Crippen molar-refractivity contribution in [1.82, 2.24) is 0 Å². The molecule has 0 radical (unpaired) electrons. The zero-order valence-electron chi connectivity index (χ0n) is 14.9. The number of aliphatic hydroxyl groups is 1. The Morgan fingerprint density at radius 3 is 2.65 bits per heavy atom. The largest absolute Gasteiger partial charge is 0.396 e. The molecule has 5 atom stereocenters. The molecule has 0 aromatic carbocycles. The number of aliphatic hydroxyl groups excluding tert-OH is 1. The summed E-state index contributed by atoms with van der Waals surface area (Å²) in [5, 5.41) is 10.1. The maximum absolute atomic E-state index is 12.4. The first-order valence-electron chi connectivity index (χ1n) is 9.92. The van der Waals surface area contributed by atoms with E-state index in [1.54, 1.807) is 0 Å². The van der Waals surface area contributed by atoms with Gasteiger partial charge in [0.2, 0.25) is 0 Å². The Morgan fingerprint density at radius 2 is 1.91 bits per heavy atom. The van der Waals surface area contributed by atoms with E-state index in [0.29, 0.717) is 12.4 Å². The van der Waals surface area contributed by atoms with Gasteiger partial charge < -0.3 is 5.11 Å². The first-order valence-corrected chi connectivity index (χ1v) is 9.92. The fraction of sp³-hybridized carbons (Fsp3) is 0.857. The van der Waals surface area contributed by atoms with E-state index in [2.05, 4.69) is 13.8 Å². The number of rotatable bonds is 2. The summed E-state index contributed by atoms with van der Waals surface area (Å²) < 4.78 is 0. The molecule has 0 bridgehead atoms. The van der Waals surface area contributed by atoms with Crippen molar-refractivity contribution in [3.8, 4) is 0 Å². The molecule has 0 amide bonds. The highest BCUT2D eigenvalue weighted by atomic mass is 16.3. The van der Waals surface area contributed by atoms with Gasteiger partial charge in [-0.3, -0.25) is 4.79 Å². The Kier molecular flexibility index (Phi) is 3.75. The number of hydrogen-bond donors (Lipinski definition) is 1. The van der Waals surface area contributed by atoms with Crippen LogP contribution in [-0.2, 0) is 4.79 Å². The Morgan fingerprint density at radius 1 is 1.09 bits per heavy atom. The van der Waals surface area contributed by atoms with Crippen LogP contribution in [0.25, 0.3) is 0 Å². The molecule has 3 fully saturated rings. The van der Waals surface area contributed by atoms with Crippen LogP contribution in [0.2, 0.25) is 0 Å². The van der Waals surface area contributed by atoms with Gasteiger partial charge in [-0.15, -0.1) is 0 Å². The van der Waals surface area contributed by atoms with Gasteiger partial charge in [-0.1, -0.05) is 25.8 Å². The van der Waals surface area contributed by atoms with Gasteiger partial charge in [0, 0.05) is 13.0 Å². The van der Waals surface area contributed by atoms with Crippen molar-refractivity contribution < 1.29 is 9.90 Å². The van der Waals surface area contributed by atoms with Crippen molar-refractivity contribution in [3.63, 3.8) is 0 Å². The Labute approximate surface area is 140 Å². The molecule has 23 heavy (non-hydrogen) atoms. The number of allylic oxidation sites excluding steroid dienone is 1. The summed E-state index contributed by atoms with van der Waals surface area (Å²) in [6, 6.07) is 0. The van der Waals surface area contributed by atoms with Gasteiger partial charge in [0.1, 0.15) is 0 Å². The lowest BCUT2D eigenvalue weighted by atomic mass is 9.46. The summed E-state index contributed by atoms with van der Waals surface area (Å²) in [5.74, 6) is 2.72. The molecule has 0 saturated heterocycles. The fourth-order valence-corrected chi connectivity index (χ4v) is 7.31.